The van der Waals surface area contributed by atoms with Crippen LogP contribution in [0.25, 0.3) is 22.2 Å². The fourth-order valence-corrected chi connectivity index (χ4v) is 4.88. The second-order valence-corrected chi connectivity index (χ2v) is 7.86. The molecule has 0 spiro atoms. The van der Waals surface area contributed by atoms with Gasteiger partial charge in [-0.15, -0.1) is 0 Å². The molecule has 0 radical (unpaired) electrons. The Morgan fingerprint density at radius 1 is 1.03 bits per heavy atom. The highest BCUT2D eigenvalue weighted by atomic mass is 16.5. The van der Waals surface area contributed by atoms with Gasteiger partial charge in [0.05, 0.1) is 12.8 Å². The number of esters is 1. The van der Waals surface area contributed by atoms with Gasteiger partial charge < -0.3 is 14.4 Å². The third-order valence-electron chi connectivity index (χ3n) is 6.43. The van der Waals surface area contributed by atoms with E-state index in [1.165, 1.54) is 18.1 Å². The van der Waals surface area contributed by atoms with E-state index in [2.05, 4.69) is 35.9 Å². The van der Waals surface area contributed by atoms with Gasteiger partial charge in [-0.2, -0.15) is 0 Å². The molecule has 1 fully saturated rings. The standard InChI is InChI=1S/C24H25NO4/c1-25-19-11-7-6-10-18(19)20(21(25)17-8-4-3-5-9-17)16-12-14-24(15-13-16,22(26)27)23(28)29-2/h3-11,16H,12-15H2,1-2H3,(H,26,27)/t16-,24+. The SMILES string of the molecule is COC(=O)[C@]1(C(=O)O)CC[C@H](c2c(-c3ccccc3)n(C)c3ccccc32)CC1. The summed E-state index contributed by atoms with van der Waals surface area (Å²) >= 11 is 0. The van der Waals surface area contributed by atoms with E-state index in [9.17, 15) is 14.7 Å². The molecule has 0 unspecified atom stereocenters. The summed E-state index contributed by atoms with van der Waals surface area (Å²) in [6.45, 7) is 0. The van der Waals surface area contributed by atoms with Crippen LogP contribution in [0.1, 0.15) is 37.2 Å². The quantitative estimate of drug-likeness (QED) is 0.515. The largest absolute Gasteiger partial charge is 0.480 e. The monoisotopic (exact) mass is 391 g/mol. The lowest BCUT2D eigenvalue weighted by Gasteiger charge is -2.35. The van der Waals surface area contributed by atoms with Crippen LogP contribution in [0.4, 0.5) is 0 Å². The summed E-state index contributed by atoms with van der Waals surface area (Å²) in [6.07, 6.45) is 1.85. The first-order valence-electron chi connectivity index (χ1n) is 9.94. The van der Waals surface area contributed by atoms with Crippen LogP contribution in [-0.4, -0.2) is 28.7 Å². The number of aryl methyl sites for hydroxylation is 1. The summed E-state index contributed by atoms with van der Waals surface area (Å²) in [5, 5.41) is 10.9. The molecule has 0 amide bonds. The zero-order valence-corrected chi connectivity index (χ0v) is 16.7. The highest BCUT2D eigenvalue weighted by Gasteiger charge is 2.50. The molecule has 0 bridgehead atoms. The number of aliphatic carboxylic acids is 1. The zero-order valence-electron chi connectivity index (χ0n) is 16.7. The second kappa shape index (κ2) is 7.39. The van der Waals surface area contributed by atoms with Crippen molar-refractivity contribution in [2.24, 2.45) is 12.5 Å². The van der Waals surface area contributed by atoms with Crippen molar-refractivity contribution in [3.05, 3.63) is 60.2 Å². The Morgan fingerprint density at radius 2 is 1.66 bits per heavy atom. The Kier molecular flexibility index (Phi) is 4.91. The number of fused-ring (bicyclic) bond motifs is 1. The molecule has 1 N–H and O–H groups in total. The van der Waals surface area contributed by atoms with Crippen molar-refractivity contribution in [3.63, 3.8) is 0 Å². The van der Waals surface area contributed by atoms with Gasteiger partial charge in [0.1, 0.15) is 0 Å². The molecule has 150 valence electrons. The number of ether oxygens (including phenoxy) is 1. The summed E-state index contributed by atoms with van der Waals surface area (Å²) in [4.78, 5) is 24.2. The molecule has 1 aromatic heterocycles. The minimum absolute atomic E-state index is 0.188. The van der Waals surface area contributed by atoms with E-state index in [1.54, 1.807) is 0 Å². The van der Waals surface area contributed by atoms with Crippen molar-refractivity contribution in [1.29, 1.82) is 0 Å². The van der Waals surface area contributed by atoms with Gasteiger partial charge in [0.15, 0.2) is 5.41 Å². The molecule has 4 rings (SSSR count). The first kappa shape index (κ1) is 19.2. The smallest absolute Gasteiger partial charge is 0.323 e. The van der Waals surface area contributed by atoms with Crippen LogP contribution >= 0.6 is 0 Å². The zero-order chi connectivity index (χ0) is 20.6. The van der Waals surface area contributed by atoms with Gasteiger partial charge in [-0.1, -0.05) is 48.5 Å². The van der Waals surface area contributed by atoms with Gasteiger partial charge in [-0.05, 0) is 48.8 Å². The molecule has 5 heteroatoms. The molecule has 1 aliphatic rings. The van der Waals surface area contributed by atoms with Crippen LogP contribution in [0, 0.1) is 5.41 Å². The van der Waals surface area contributed by atoms with E-state index in [1.807, 2.05) is 30.3 Å². The molecule has 5 nitrogen and oxygen atoms in total. The number of carbonyl (C=O) groups excluding carboxylic acids is 1. The summed E-state index contributed by atoms with van der Waals surface area (Å²) in [5.41, 5.74) is 3.28. The fraction of sp³-hybridized carbons (Fsp3) is 0.333. The Hall–Kier alpha value is -3.08. The number of para-hydroxylation sites is 1. The molecular formula is C24H25NO4. The normalized spacial score (nSPS) is 21.8. The summed E-state index contributed by atoms with van der Waals surface area (Å²) in [6, 6.07) is 18.6. The van der Waals surface area contributed by atoms with Crippen molar-refractivity contribution >= 4 is 22.8 Å². The van der Waals surface area contributed by atoms with E-state index in [0.717, 1.165) is 16.8 Å². The topological polar surface area (TPSA) is 68.5 Å². The van der Waals surface area contributed by atoms with E-state index >= 15 is 0 Å². The molecular weight excluding hydrogens is 366 g/mol. The van der Waals surface area contributed by atoms with Crippen molar-refractivity contribution in [2.45, 2.75) is 31.6 Å². The molecule has 1 saturated carbocycles. The lowest BCUT2D eigenvalue weighted by Crippen LogP contribution is -2.43. The van der Waals surface area contributed by atoms with Crippen LogP contribution in [-0.2, 0) is 21.4 Å². The number of carboxylic acids is 1. The van der Waals surface area contributed by atoms with Crippen LogP contribution in [0.2, 0.25) is 0 Å². The van der Waals surface area contributed by atoms with Crippen molar-refractivity contribution in [2.75, 3.05) is 7.11 Å². The Bertz CT molecular complexity index is 1060. The van der Waals surface area contributed by atoms with Gasteiger partial charge in [-0.3, -0.25) is 9.59 Å². The minimum atomic E-state index is -1.43. The Morgan fingerprint density at radius 3 is 2.28 bits per heavy atom. The van der Waals surface area contributed by atoms with E-state index in [4.69, 9.17) is 4.74 Å². The molecule has 1 aliphatic carbocycles. The number of hydrogen-bond acceptors (Lipinski definition) is 3. The fourth-order valence-electron chi connectivity index (χ4n) is 4.88. The average molecular weight is 391 g/mol. The van der Waals surface area contributed by atoms with Crippen molar-refractivity contribution < 1.29 is 19.4 Å². The summed E-state index contributed by atoms with van der Waals surface area (Å²) < 4.78 is 7.06. The lowest BCUT2D eigenvalue weighted by atomic mass is 9.68. The van der Waals surface area contributed by atoms with Crippen LogP contribution in [0.5, 0.6) is 0 Å². The second-order valence-electron chi connectivity index (χ2n) is 7.86. The Balaban J connectivity index is 1.80. The molecule has 0 atom stereocenters. The van der Waals surface area contributed by atoms with Crippen LogP contribution < -0.4 is 0 Å². The molecule has 0 saturated heterocycles. The predicted octanol–water partition coefficient (Wildman–Crippen LogP) is 4.75. The Labute approximate surface area is 169 Å². The molecule has 2 aromatic carbocycles. The summed E-state index contributed by atoms with van der Waals surface area (Å²) in [5.74, 6) is -1.53. The molecule has 3 aromatic rings. The third-order valence-corrected chi connectivity index (χ3v) is 6.43. The number of carboxylic acid groups (broad SMARTS) is 1. The molecule has 1 heterocycles. The van der Waals surface area contributed by atoms with Gasteiger partial charge >= 0.3 is 11.9 Å². The van der Waals surface area contributed by atoms with E-state index in [0.29, 0.717) is 12.8 Å². The molecule has 29 heavy (non-hydrogen) atoms. The lowest BCUT2D eigenvalue weighted by molar-refractivity contribution is -0.169. The number of benzene rings is 2. The maximum Gasteiger partial charge on any atom is 0.323 e. The van der Waals surface area contributed by atoms with Crippen LogP contribution in [0.15, 0.2) is 54.6 Å². The number of hydrogen-bond donors (Lipinski definition) is 1. The molecule has 0 aliphatic heterocycles. The highest BCUT2D eigenvalue weighted by Crippen LogP contribution is 2.48. The van der Waals surface area contributed by atoms with Crippen LogP contribution in [0.3, 0.4) is 0 Å². The third kappa shape index (κ3) is 3.01. The predicted molar refractivity (Wildman–Crippen MR) is 112 cm³/mol. The van der Waals surface area contributed by atoms with Gasteiger partial charge in [-0.25, -0.2) is 0 Å². The summed E-state index contributed by atoms with van der Waals surface area (Å²) in [7, 11) is 3.34. The average Bonchev–Trinajstić information content (AvgIpc) is 3.06. The van der Waals surface area contributed by atoms with Gasteiger partial charge in [0.2, 0.25) is 0 Å². The number of carbonyl (C=O) groups is 2. The van der Waals surface area contributed by atoms with Gasteiger partial charge in [0.25, 0.3) is 0 Å². The van der Waals surface area contributed by atoms with Crippen molar-refractivity contribution in [3.8, 4) is 11.3 Å². The highest BCUT2D eigenvalue weighted by molar-refractivity contribution is 5.99. The maximum absolute atomic E-state index is 12.3. The van der Waals surface area contributed by atoms with E-state index in [-0.39, 0.29) is 18.8 Å². The number of rotatable bonds is 4. The first-order valence-corrected chi connectivity index (χ1v) is 9.94. The van der Waals surface area contributed by atoms with E-state index < -0.39 is 17.4 Å². The number of methoxy groups -OCH3 is 1. The maximum atomic E-state index is 12.3. The first-order chi connectivity index (χ1) is 14.0. The van der Waals surface area contributed by atoms with Crippen molar-refractivity contribution in [1.82, 2.24) is 4.57 Å². The number of nitrogens with zero attached hydrogens (tertiary/aromatic N) is 1. The minimum Gasteiger partial charge on any atom is -0.480 e. The number of aromatic nitrogens is 1. The van der Waals surface area contributed by atoms with Gasteiger partial charge in [0, 0.05) is 18.0 Å².